The Morgan fingerprint density at radius 3 is 1.91 bits per heavy atom. The Labute approximate surface area is 386 Å². The molecule has 6 aromatic rings. The van der Waals surface area contributed by atoms with E-state index in [1.54, 1.807) is 46.5 Å². The summed E-state index contributed by atoms with van der Waals surface area (Å²) < 4.78 is 35.0. The second-order valence-electron chi connectivity index (χ2n) is 18.0. The predicted molar refractivity (Wildman–Crippen MR) is 245 cm³/mol. The number of alkyl carbamates (subject to hydrolysis) is 2. The first kappa shape index (κ1) is 44.8. The lowest BCUT2D eigenvalue weighted by Crippen LogP contribution is -2.51. The molecule has 0 radical (unpaired) electrons. The number of phenolic OH excluding ortho intramolecular Hbond substituents is 1. The van der Waals surface area contributed by atoms with Gasteiger partial charge in [-0.05, 0) is 80.0 Å². The molecular weight excluding hydrogens is 862 g/mol. The normalized spacial score (nSPS) is 18.7. The number of benzene rings is 3. The molecule has 1 unspecified atom stereocenters. The number of aromatic hydroxyl groups is 1. The van der Waals surface area contributed by atoms with E-state index in [2.05, 4.69) is 25.6 Å². The topological polar surface area (TPSA) is 209 Å². The van der Waals surface area contributed by atoms with Gasteiger partial charge in [0.2, 0.25) is 18.0 Å². The van der Waals surface area contributed by atoms with Crippen LogP contribution in [0.5, 0.6) is 11.5 Å². The number of hydrogen-bond acceptors (Lipinski definition) is 10. The van der Waals surface area contributed by atoms with Crippen molar-refractivity contribution in [3.05, 3.63) is 96.1 Å². The van der Waals surface area contributed by atoms with Crippen LogP contribution < -0.4 is 15.4 Å². The average Bonchev–Trinajstić information content (AvgIpc) is 4.17. The van der Waals surface area contributed by atoms with E-state index in [0.29, 0.717) is 60.1 Å². The van der Waals surface area contributed by atoms with Crippen LogP contribution in [0.15, 0.2) is 73.1 Å². The molecule has 4 amide bonds. The van der Waals surface area contributed by atoms with Crippen molar-refractivity contribution in [3.8, 4) is 45.3 Å². The van der Waals surface area contributed by atoms with Crippen LogP contribution in [0.25, 0.3) is 44.7 Å². The molecule has 0 spiro atoms. The van der Waals surface area contributed by atoms with Gasteiger partial charge in [-0.25, -0.2) is 23.9 Å². The Bertz CT molecular complexity index is 2870. The molecular formula is C49H54FN9O8. The number of rotatable bonds is 11. The van der Waals surface area contributed by atoms with Gasteiger partial charge in [-0.2, -0.15) is 0 Å². The maximum Gasteiger partial charge on any atom is 0.407 e. The number of imidazole rings is 2. The fourth-order valence-corrected chi connectivity index (χ4v) is 9.69. The number of carbonyl (C=O) groups excluding carboxylic acids is 4. The molecule has 6 heterocycles. The van der Waals surface area contributed by atoms with E-state index in [1.165, 1.54) is 20.3 Å². The highest BCUT2D eigenvalue weighted by molar-refractivity contribution is 5.93. The van der Waals surface area contributed by atoms with Gasteiger partial charge in [-0.15, -0.1) is 0 Å². The lowest BCUT2D eigenvalue weighted by Gasteiger charge is -2.31. The number of amides is 4. The van der Waals surface area contributed by atoms with Gasteiger partial charge in [-0.3, -0.25) is 9.59 Å². The Kier molecular flexibility index (Phi) is 12.1. The van der Waals surface area contributed by atoms with E-state index in [9.17, 15) is 24.3 Å². The van der Waals surface area contributed by atoms with Crippen LogP contribution in [0, 0.1) is 17.7 Å². The summed E-state index contributed by atoms with van der Waals surface area (Å²) in [6.07, 6.45) is 4.09. The monoisotopic (exact) mass is 915 g/mol. The molecule has 3 aromatic carbocycles. The zero-order valence-electron chi connectivity index (χ0n) is 38.1. The Balaban J connectivity index is 1.03. The van der Waals surface area contributed by atoms with Gasteiger partial charge in [0.1, 0.15) is 41.0 Å². The van der Waals surface area contributed by atoms with E-state index in [4.69, 9.17) is 19.2 Å². The van der Waals surface area contributed by atoms with Crippen LogP contribution in [0.3, 0.4) is 0 Å². The van der Waals surface area contributed by atoms with E-state index in [1.807, 2.05) is 62.6 Å². The first-order chi connectivity index (χ1) is 32.2. The van der Waals surface area contributed by atoms with Crippen molar-refractivity contribution >= 4 is 34.9 Å². The third-order valence-corrected chi connectivity index (χ3v) is 13.1. The number of methoxy groups -OCH3 is 2. The molecule has 18 heteroatoms. The number of fused-ring (bicyclic) bond motifs is 5. The van der Waals surface area contributed by atoms with Crippen LogP contribution in [-0.4, -0.2) is 103 Å². The number of aromatic nitrogens is 5. The summed E-state index contributed by atoms with van der Waals surface area (Å²) in [6.45, 7) is 8.47. The molecule has 17 nitrogen and oxygen atoms in total. The van der Waals surface area contributed by atoms with Gasteiger partial charge in [0.05, 0.1) is 66.9 Å². The van der Waals surface area contributed by atoms with E-state index in [-0.39, 0.29) is 52.8 Å². The number of ether oxygens (including phenoxy) is 3. The van der Waals surface area contributed by atoms with Crippen LogP contribution in [0.4, 0.5) is 14.0 Å². The number of aromatic amines is 2. The van der Waals surface area contributed by atoms with Crippen molar-refractivity contribution in [2.75, 3.05) is 27.3 Å². The molecule has 5 N–H and O–H groups in total. The summed E-state index contributed by atoms with van der Waals surface area (Å²) in [4.78, 5) is 71.4. The number of carbonyl (C=O) groups is 4. The van der Waals surface area contributed by atoms with Gasteiger partial charge >= 0.3 is 12.2 Å². The molecule has 9 rings (SSSR count). The lowest BCUT2D eigenvalue weighted by molar-refractivity contribution is -0.136. The molecule has 2 saturated heterocycles. The van der Waals surface area contributed by atoms with Gasteiger partial charge in [0.25, 0.3) is 0 Å². The first-order valence-electron chi connectivity index (χ1n) is 22.6. The fraction of sp³-hybridized carbons (Fsp3) is 0.388. The van der Waals surface area contributed by atoms with Gasteiger partial charge in [-0.1, -0.05) is 45.9 Å². The second kappa shape index (κ2) is 18.1. The molecule has 67 heavy (non-hydrogen) atoms. The van der Waals surface area contributed by atoms with Gasteiger partial charge in [0.15, 0.2) is 0 Å². The summed E-state index contributed by atoms with van der Waals surface area (Å²) >= 11 is 0. The van der Waals surface area contributed by atoms with Crippen molar-refractivity contribution in [1.29, 1.82) is 0 Å². The van der Waals surface area contributed by atoms with E-state index < -0.39 is 36.3 Å². The Morgan fingerprint density at radius 2 is 1.36 bits per heavy atom. The second-order valence-corrected chi connectivity index (χ2v) is 18.0. The largest absolute Gasteiger partial charge is 0.508 e. The number of H-pyrrole nitrogens is 2. The maximum absolute atomic E-state index is 16.8. The lowest BCUT2D eigenvalue weighted by atomic mass is 10.0. The van der Waals surface area contributed by atoms with Crippen molar-refractivity contribution in [1.82, 2.24) is 44.9 Å². The van der Waals surface area contributed by atoms with Crippen LogP contribution >= 0.6 is 0 Å². The summed E-state index contributed by atoms with van der Waals surface area (Å²) in [5.41, 5.74) is 4.80. The summed E-state index contributed by atoms with van der Waals surface area (Å²) in [6, 6.07) is 15.5. The Morgan fingerprint density at radius 1 is 0.776 bits per heavy atom. The fourth-order valence-electron chi connectivity index (χ4n) is 9.69. The van der Waals surface area contributed by atoms with Crippen LogP contribution in [-0.2, 0) is 19.1 Å². The minimum Gasteiger partial charge on any atom is -0.508 e. The van der Waals surface area contributed by atoms with Crippen molar-refractivity contribution < 1.29 is 42.9 Å². The molecule has 0 aliphatic carbocycles. The highest BCUT2D eigenvalue weighted by atomic mass is 19.1. The zero-order valence-corrected chi connectivity index (χ0v) is 38.1. The van der Waals surface area contributed by atoms with E-state index >= 15 is 4.39 Å². The summed E-state index contributed by atoms with van der Waals surface area (Å²) in [5.74, 6) is 0.198. The van der Waals surface area contributed by atoms with Crippen molar-refractivity contribution in [3.63, 3.8) is 0 Å². The molecule has 3 aliphatic heterocycles. The SMILES string of the molecule is COC(=O)N[C@@H](C(=O)N1CCC[C@H]1c1ncc(-c2cc(F)c3c(c2)OC(c2cccc(O)c2)n2c-3cc3cc(-c4cnc([C@@H]5CCCN5C(=O)[C@H](NC(=O)OC)C(C)C)[nH]4)ccc32)[nH]1)C(C)C. The number of nitrogens with one attached hydrogen (secondary N) is 4. The van der Waals surface area contributed by atoms with E-state index in [0.717, 1.165) is 35.0 Å². The van der Waals surface area contributed by atoms with Crippen molar-refractivity contribution in [2.45, 2.75) is 83.8 Å². The molecule has 3 aromatic heterocycles. The number of likely N-dealkylation sites (tertiary alicyclic amines) is 2. The molecule has 5 atom stereocenters. The van der Waals surface area contributed by atoms with Gasteiger partial charge in [0, 0.05) is 35.2 Å². The van der Waals surface area contributed by atoms with Crippen molar-refractivity contribution in [2.24, 2.45) is 11.8 Å². The minimum atomic E-state index is -0.788. The highest BCUT2D eigenvalue weighted by Gasteiger charge is 2.40. The highest BCUT2D eigenvalue weighted by Crippen LogP contribution is 2.48. The number of nitrogens with zero attached hydrogens (tertiary/aromatic N) is 5. The third-order valence-electron chi connectivity index (χ3n) is 13.1. The molecule has 0 saturated carbocycles. The van der Waals surface area contributed by atoms with Crippen LogP contribution in [0.2, 0.25) is 0 Å². The smallest absolute Gasteiger partial charge is 0.407 e. The minimum absolute atomic E-state index is 0.0503. The standard InChI is InChI=1S/C49H54FN9O8/c1-25(2)41(55-48(63)65-5)45(61)57-16-8-12-36(57)43-51-23-33(53-43)27-14-15-35-30(18-27)21-38-40-32(50)20-29(22-39(40)67-47(59(35)38)28-10-7-11-31(60)19-28)34-24-52-44(54-34)37-13-9-17-58(37)46(62)42(26(3)4)56-49(64)66-6/h7,10-11,14-15,18-26,36-37,41-42,47,60H,8-9,12-13,16-17H2,1-6H3,(H,51,53)(H,52,54)(H,55,63)(H,56,64)/t36-,37-,41+,42+,47?/m0/s1. The Hall–Kier alpha value is -7.37. The molecule has 0 bridgehead atoms. The third kappa shape index (κ3) is 8.40. The van der Waals surface area contributed by atoms with Gasteiger partial charge < -0.3 is 54.3 Å². The quantitative estimate of drug-likeness (QED) is 0.0847. The first-order valence-corrected chi connectivity index (χ1v) is 22.6. The average molecular weight is 916 g/mol. The summed E-state index contributed by atoms with van der Waals surface area (Å²) in [5, 5.41) is 16.7. The zero-order chi connectivity index (χ0) is 47.3. The molecule has 2 fully saturated rings. The number of phenols is 1. The maximum atomic E-state index is 16.8. The molecule has 350 valence electrons. The number of halogens is 1. The van der Waals surface area contributed by atoms with Crippen LogP contribution in [0.1, 0.15) is 88.9 Å². The number of hydrogen-bond donors (Lipinski definition) is 5. The summed E-state index contributed by atoms with van der Waals surface area (Å²) in [7, 11) is 2.52. The molecule has 3 aliphatic rings. The predicted octanol–water partition coefficient (Wildman–Crippen LogP) is 7.96.